The molecule has 0 aromatic heterocycles. The van der Waals surface area contributed by atoms with Gasteiger partial charge in [0, 0.05) is 16.2 Å². The first-order valence-corrected chi connectivity index (χ1v) is 7.07. The summed E-state index contributed by atoms with van der Waals surface area (Å²) in [6.45, 7) is 1.92. The van der Waals surface area contributed by atoms with Crippen molar-refractivity contribution in [3.05, 3.63) is 67.1 Å². The van der Waals surface area contributed by atoms with Gasteiger partial charge in [0.1, 0.15) is 5.02 Å². The van der Waals surface area contributed by atoms with E-state index in [4.69, 9.17) is 11.6 Å². The van der Waals surface area contributed by atoms with Crippen molar-refractivity contribution in [3.8, 4) is 0 Å². The minimum absolute atomic E-state index is 0.0271. The molecule has 2 rings (SSSR count). The van der Waals surface area contributed by atoms with Crippen LogP contribution in [0.2, 0.25) is 5.02 Å². The standard InChI is InChI=1S/C14H10BrClN2O3/c1-8-2-4-10(11(15)6-8)14(19)17-9-3-5-13(18(20)21)12(16)7-9/h2-7H,1H3,(H,17,19). The van der Waals surface area contributed by atoms with E-state index >= 15 is 0 Å². The van der Waals surface area contributed by atoms with E-state index < -0.39 is 4.92 Å². The quantitative estimate of drug-likeness (QED) is 0.636. The van der Waals surface area contributed by atoms with Gasteiger partial charge in [-0.2, -0.15) is 0 Å². The molecule has 0 aliphatic carbocycles. The molecule has 0 aliphatic heterocycles. The van der Waals surface area contributed by atoms with Gasteiger partial charge >= 0.3 is 0 Å². The highest BCUT2D eigenvalue weighted by molar-refractivity contribution is 9.10. The SMILES string of the molecule is Cc1ccc(C(=O)Nc2ccc([N+](=O)[O-])c(Cl)c2)c(Br)c1. The fourth-order valence-electron chi connectivity index (χ4n) is 1.74. The predicted octanol–water partition coefficient (Wildman–Crippen LogP) is 4.57. The number of anilines is 1. The first kappa shape index (κ1) is 15.5. The van der Waals surface area contributed by atoms with Crippen molar-refractivity contribution in [2.45, 2.75) is 6.92 Å². The van der Waals surface area contributed by atoms with E-state index in [0.717, 1.165) is 5.56 Å². The largest absolute Gasteiger partial charge is 0.322 e. The summed E-state index contributed by atoms with van der Waals surface area (Å²) in [5.41, 5.74) is 1.68. The fourth-order valence-corrected chi connectivity index (χ4v) is 2.66. The summed E-state index contributed by atoms with van der Waals surface area (Å²) in [6, 6.07) is 9.38. The van der Waals surface area contributed by atoms with Crippen LogP contribution in [0.15, 0.2) is 40.9 Å². The third-order valence-corrected chi connectivity index (χ3v) is 3.73. The van der Waals surface area contributed by atoms with E-state index in [9.17, 15) is 14.9 Å². The summed E-state index contributed by atoms with van der Waals surface area (Å²) in [4.78, 5) is 22.3. The molecule has 1 N–H and O–H groups in total. The highest BCUT2D eigenvalue weighted by atomic mass is 79.9. The van der Waals surface area contributed by atoms with Gasteiger partial charge in [-0.1, -0.05) is 17.7 Å². The number of nitro groups is 1. The van der Waals surface area contributed by atoms with Gasteiger partial charge in [-0.3, -0.25) is 14.9 Å². The number of carbonyl (C=O) groups excluding carboxylic acids is 1. The normalized spacial score (nSPS) is 10.2. The van der Waals surface area contributed by atoms with Gasteiger partial charge in [-0.05, 0) is 52.7 Å². The lowest BCUT2D eigenvalue weighted by Crippen LogP contribution is -2.12. The number of benzene rings is 2. The molecule has 0 heterocycles. The maximum Gasteiger partial charge on any atom is 0.288 e. The van der Waals surface area contributed by atoms with Crippen LogP contribution in [0, 0.1) is 17.0 Å². The number of amides is 1. The topological polar surface area (TPSA) is 72.2 Å². The molecule has 2 aromatic carbocycles. The monoisotopic (exact) mass is 368 g/mol. The van der Waals surface area contributed by atoms with Gasteiger partial charge in [-0.25, -0.2) is 0 Å². The summed E-state index contributed by atoms with van der Waals surface area (Å²) < 4.78 is 0.674. The predicted molar refractivity (Wildman–Crippen MR) is 84.9 cm³/mol. The van der Waals surface area contributed by atoms with Crippen molar-refractivity contribution >= 4 is 44.8 Å². The van der Waals surface area contributed by atoms with Crippen LogP contribution < -0.4 is 5.32 Å². The molecule has 7 heteroatoms. The maximum atomic E-state index is 12.2. The summed E-state index contributed by atoms with van der Waals surface area (Å²) in [5, 5.41) is 13.3. The minimum atomic E-state index is -0.579. The molecule has 0 unspecified atom stereocenters. The average molecular weight is 370 g/mol. The van der Waals surface area contributed by atoms with Crippen LogP contribution in [-0.4, -0.2) is 10.8 Å². The average Bonchev–Trinajstić information content (AvgIpc) is 2.37. The van der Waals surface area contributed by atoms with Gasteiger partial charge in [0.15, 0.2) is 0 Å². The van der Waals surface area contributed by atoms with E-state index in [-0.39, 0.29) is 16.6 Å². The molecule has 21 heavy (non-hydrogen) atoms. The Morgan fingerprint density at radius 1 is 1.29 bits per heavy atom. The van der Waals surface area contributed by atoms with Crippen molar-refractivity contribution in [3.63, 3.8) is 0 Å². The lowest BCUT2D eigenvalue weighted by atomic mass is 10.1. The van der Waals surface area contributed by atoms with Crippen molar-refractivity contribution in [1.82, 2.24) is 0 Å². The second-order valence-electron chi connectivity index (χ2n) is 4.36. The Morgan fingerprint density at radius 3 is 2.57 bits per heavy atom. The van der Waals surface area contributed by atoms with Crippen molar-refractivity contribution in [2.75, 3.05) is 5.32 Å². The van der Waals surface area contributed by atoms with Gasteiger partial charge in [0.2, 0.25) is 0 Å². The zero-order valence-corrected chi connectivity index (χ0v) is 13.2. The Hall–Kier alpha value is -1.92. The Kier molecular flexibility index (Phi) is 4.59. The van der Waals surface area contributed by atoms with E-state index in [0.29, 0.717) is 15.7 Å². The van der Waals surface area contributed by atoms with Crippen LogP contribution in [0.4, 0.5) is 11.4 Å². The van der Waals surface area contributed by atoms with Crippen LogP contribution in [0.1, 0.15) is 15.9 Å². The van der Waals surface area contributed by atoms with Crippen LogP contribution in [0.3, 0.4) is 0 Å². The third kappa shape index (κ3) is 3.59. The molecule has 1 amide bonds. The highest BCUT2D eigenvalue weighted by Crippen LogP contribution is 2.28. The van der Waals surface area contributed by atoms with Crippen molar-refractivity contribution < 1.29 is 9.72 Å². The van der Waals surface area contributed by atoms with E-state index in [1.54, 1.807) is 6.07 Å². The molecular formula is C14H10BrClN2O3. The number of nitro benzene ring substituents is 1. The molecule has 0 aliphatic rings. The fraction of sp³-hybridized carbons (Fsp3) is 0.0714. The Labute approximate surface area is 134 Å². The molecule has 5 nitrogen and oxygen atoms in total. The number of carbonyl (C=O) groups is 1. The molecular weight excluding hydrogens is 360 g/mol. The molecule has 108 valence electrons. The van der Waals surface area contributed by atoms with Gasteiger partial charge in [0.05, 0.1) is 10.5 Å². The molecule has 0 atom stereocenters. The molecule has 0 saturated heterocycles. The lowest BCUT2D eigenvalue weighted by Gasteiger charge is -2.08. The summed E-state index contributed by atoms with van der Waals surface area (Å²) in [7, 11) is 0. The second kappa shape index (κ2) is 6.24. The first-order chi connectivity index (χ1) is 9.88. The zero-order chi connectivity index (χ0) is 15.6. The van der Waals surface area contributed by atoms with E-state index in [1.165, 1.54) is 18.2 Å². The third-order valence-electron chi connectivity index (χ3n) is 2.77. The molecule has 0 fully saturated rings. The number of halogens is 2. The van der Waals surface area contributed by atoms with E-state index in [1.807, 2.05) is 19.1 Å². The summed E-state index contributed by atoms with van der Waals surface area (Å²) >= 11 is 9.13. The number of aryl methyl sites for hydroxylation is 1. The van der Waals surface area contributed by atoms with Crippen molar-refractivity contribution in [2.24, 2.45) is 0 Å². The smallest absolute Gasteiger partial charge is 0.288 e. The molecule has 0 bridgehead atoms. The van der Waals surface area contributed by atoms with Crippen LogP contribution in [0.25, 0.3) is 0 Å². The first-order valence-electron chi connectivity index (χ1n) is 5.90. The molecule has 0 radical (unpaired) electrons. The summed E-state index contributed by atoms with van der Waals surface area (Å²) in [6.07, 6.45) is 0. The second-order valence-corrected chi connectivity index (χ2v) is 5.62. The highest BCUT2D eigenvalue weighted by Gasteiger charge is 2.14. The van der Waals surface area contributed by atoms with E-state index in [2.05, 4.69) is 21.2 Å². The van der Waals surface area contributed by atoms with Crippen LogP contribution in [0.5, 0.6) is 0 Å². The molecule has 2 aromatic rings. The Balaban J connectivity index is 2.23. The number of hydrogen-bond donors (Lipinski definition) is 1. The molecule has 0 saturated carbocycles. The van der Waals surface area contributed by atoms with Gasteiger partial charge in [-0.15, -0.1) is 0 Å². The van der Waals surface area contributed by atoms with Crippen molar-refractivity contribution in [1.29, 1.82) is 0 Å². The molecule has 0 spiro atoms. The number of hydrogen-bond acceptors (Lipinski definition) is 3. The summed E-state index contributed by atoms with van der Waals surface area (Å²) in [5.74, 6) is -0.327. The van der Waals surface area contributed by atoms with Gasteiger partial charge in [0.25, 0.3) is 11.6 Å². The number of rotatable bonds is 3. The van der Waals surface area contributed by atoms with Gasteiger partial charge < -0.3 is 5.32 Å². The van der Waals surface area contributed by atoms with Crippen LogP contribution >= 0.6 is 27.5 Å². The van der Waals surface area contributed by atoms with Crippen LogP contribution in [-0.2, 0) is 0 Å². The maximum absolute atomic E-state index is 12.2. The number of nitrogens with zero attached hydrogens (tertiary/aromatic N) is 1. The zero-order valence-electron chi connectivity index (χ0n) is 10.9. The number of nitrogens with one attached hydrogen (secondary N) is 1. The minimum Gasteiger partial charge on any atom is -0.322 e. The lowest BCUT2D eigenvalue weighted by molar-refractivity contribution is -0.384. The Morgan fingerprint density at radius 2 is 2.00 bits per heavy atom. The Bertz CT molecular complexity index is 734.